The lowest BCUT2D eigenvalue weighted by Gasteiger charge is -2.28. The fourth-order valence-corrected chi connectivity index (χ4v) is 3.59. The van der Waals surface area contributed by atoms with Crippen LogP contribution in [-0.4, -0.2) is 50.7 Å². The Morgan fingerprint density at radius 3 is 2.31 bits per heavy atom. The molecule has 1 heterocycles. The molecule has 0 radical (unpaired) electrons. The molecule has 6 heteroatoms. The van der Waals surface area contributed by atoms with Crippen LogP contribution in [0.2, 0.25) is 0 Å². The molecule has 0 bridgehead atoms. The van der Waals surface area contributed by atoms with Crippen LogP contribution in [0.4, 0.5) is 0 Å². The third-order valence-corrected chi connectivity index (χ3v) is 4.98. The summed E-state index contributed by atoms with van der Waals surface area (Å²) in [6.45, 7) is 5.02. The van der Waals surface area contributed by atoms with E-state index in [0.717, 1.165) is 24.0 Å². The number of carbonyl (C=O) groups excluding carboxylic acids is 1. The largest absolute Gasteiger partial charge is 0.496 e. The summed E-state index contributed by atoms with van der Waals surface area (Å²) in [6, 6.07) is 13.4. The van der Waals surface area contributed by atoms with Gasteiger partial charge in [-0.3, -0.25) is 4.90 Å². The molecule has 0 spiro atoms. The van der Waals surface area contributed by atoms with E-state index < -0.39 is 6.23 Å². The molecule has 0 N–H and O–H groups in total. The lowest BCUT2D eigenvalue weighted by molar-refractivity contribution is -0.111. The highest BCUT2D eigenvalue weighted by Gasteiger charge is 2.38. The van der Waals surface area contributed by atoms with Crippen LogP contribution in [-0.2, 0) is 16.0 Å². The molecule has 1 aliphatic rings. The molecule has 6 nitrogen and oxygen atoms in total. The van der Waals surface area contributed by atoms with Gasteiger partial charge in [0.05, 0.1) is 38.5 Å². The summed E-state index contributed by atoms with van der Waals surface area (Å²) in [6.07, 6.45) is 1.47. The summed E-state index contributed by atoms with van der Waals surface area (Å²) in [5, 5.41) is 0. The standard InChI is InChI=1S/C23H29NO5/c1-16(2)29-19-10-8-17(9-11-19)12-13-24-18(14-25)15-28-23(24)22-20(26-3)6-5-7-21(22)27-4/h5-11,14,16,18,23H,12-13,15H2,1-4H3. The average Bonchev–Trinajstić information content (AvgIpc) is 3.14. The third-order valence-electron chi connectivity index (χ3n) is 4.98. The molecule has 156 valence electrons. The number of hydrogen-bond acceptors (Lipinski definition) is 6. The highest BCUT2D eigenvalue weighted by atomic mass is 16.5. The number of rotatable bonds is 9. The number of nitrogens with zero attached hydrogens (tertiary/aromatic N) is 1. The molecular weight excluding hydrogens is 370 g/mol. The molecular formula is C23H29NO5. The summed E-state index contributed by atoms with van der Waals surface area (Å²) in [4.78, 5) is 13.7. The molecule has 3 rings (SSSR count). The lowest BCUT2D eigenvalue weighted by atomic mass is 10.1. The van der Waals surface area contributed by atoms with Gasteiger partial charge in [0.1, 0.15) is 29.8 Å². The van der Waals surface area contributed by atoms with Crippen molar-refractivity contribution in [2.45, 2.75) is 38.6 Å². The van der Waals surface area contributed by atoms with Gasteiger partial charge in [-0.1, -0.05) is 18.2 Å². The zero-order valence-corrected chi connectivity index (χ0v) is 17.5. The highest BCUT2D eigenvalue weighted by molar-refractivity contribution is 5.59. The SMILES string of the molecule is COc1cccc(OC)c1C1OCC(C=O)N1CCc1ccc(OC(C)C)cc1. The van der Waals surface area contributed by atoms with Crippen molar-refractivity contribution in [3.63, 3.8) is 0 Å². The quantitative estimate of drug-likeness (QED) is 0.600. The van der Waals surface area contributed by atoms with Crippen LogP contribution in [0.3, 0.4) is 0 Å². The second kappa shape index (κ2) is 9.76. The number of ether oxygens (including phenoxy) is 4. The van der Waals surface area contributed by atoms with Crippen LogP contribution in [0.25, 0.3) is 0 Å². The number of aldehydes is 1. The maximum atomic E-state index is 11.7. The Morgan fingerprint density at radius 1 is 1.10 bits per heavy atom. The Labute approximate surface area is 172 Å². The molecule has 2 aromatic carbocycles. The smallest absolute Gasteiger partial charge is 0.144 e. The minimum Gasteiger partial charge on any atom is -0.496 e. The molecule has 0 aliphatic carbocycles. The van der Waals surface area contributed by atoms with Gasteiger partial charge < -0.3 is 23.7 Å². The van der Waals surface area contributed by atoms with Gasteiger partial charge in [0.15, 0.2) is 0 Å². The normalized spacial score (nSPS) is 19.3. The monoisotopic (exact) mass is 399 g/mol. The average molecular weight is 399 g/mol. The number of methoxy groups -OCH3 is 2. The van der Waals surface area contributed by atoms with E-state index in [-0.39, 0.29) is 12.1 Å². The van der Waals surface area contributed by atoms with E-state index in [1.807, 2.05) is 44.2 Å². The molecule has 2 unspecified atom stereocenters. The van der Waals surface area contributed by atoms with E-state index in [1.165, 1.54) is 5.56 Å². The molecule has 2 aromatic rings. The first kappa shape index (κ1) is 21.1. The van der Waals surface area contributed by atoms with Crippen LogP contribution < -0.4 is 14.2 Å². The maximum absolute atomic E-state index is 11.7. The van der Waals surface area contributed by atoms with Gasteiger partial charge in [0.25, 0.3) is 0 Å². The van der Waals surface area contributed by atoms with E-state index in [4.69, 9.17) is 18.9 Å². The van der Waals surface area contributed by atoms with Crippen LogP contribution in [0.5, 0.6) is 17.2 Å². The fourth-order valence-electron chi connectivity index (χ4n) is 3.59. The van der Waals surface area contributed by atoms with Gasteiger partial charge in [-0.25, -0.2) is 0 Å². The number of hydrogen-bond donors (Lipinski definition) is 0. The van der Waals surface area contributed by atoms with E-state index in [9.17, 15) is 4.79 Å². The van der Waals surface area contributed by atoms with Crippen molar-refractivity contribution in [3.8, 4) is 17.2 Å². The lowest BCUT2D eigenvalue weighted by Crippen LogP contribution is -2.35. The first-order chi connectivity index (χ1) is 14.1. The van der Waals surface area contributed by atoms with Crippen molar-refractivity contribution < 1.29 is 23.7 Å². The number of carbonyl (C=O) groups is 1. The highest BCUT2D eigenvalue weighted by Crippen LogP contribution is 2.41. The zero-order valence-electron chi connectivity index (χ0n) is 17.5. The van der Waals surface area contributed by atoms with E-state index in [2.05, 4.69) is 17.0 Å². The topological polar surface area (TPSA) is 57.2 Å². The van der Waals surface area contributed by atoms with Crippen molar-refractivity contribution in [2.75, 3.05) is 27.4 Å². The summed E-state index contributed by atoms with van der Waals surface area (Å²) in [5.74, 6) is 2.22. The molecule has 1 aliphatic heterocycles. The van der Waals surface area contributed by atoms with Gasteiger partial charge in [-0.05, 0) is 50.1 Å². The van der Waals surface area contributed by atoms with Crippen molar-refractivity contribution in [2.24, 2.45) is 0 Å². The van der Waals surface area contributed by atoms with E-state index in [0.29, 0.717) is 24.7 Å². The molecule has 0 saturated carbocycles. The summed E-state index contributed by atoms with van der Waals surface area (Å²) < 4.78 is 22.8. The zero-order chi connectivity index (χ0) is 20.8. The Balaban J connectivity index is 1.78. The van der Waals surface area contributed by atoms with Gasteiger partial charge in [0.2, 0.25) is 0 Å². The van der Waals surface area contributed by atoms with Crippen LogP contribution in [0, 0.1) is 0 Å². The van der Waals surface area contributed by atoms with Gasteiger partial charge in [-0.2, -0.15) is 0 Å². The van der Waals surface area contributed by atoms with Crippen molar-refractivity contribution in [1.29, 1.82) is 0 Å². The summed E-state index contributed by atoms with van der Waals surface area (Å²) >= 11 is 0. The van der Waals surface area contributed by atoms with Gasteiger partial charge in [0, 0.05) is 6.54 Å². The molecule has 0 amide bonds. The van der Waals surface area contributed by atoms with Gasteiger partial charge in [-0.15, -0.1) is 0 Å². The third kappa shape index (κ3) is 4.89. The Kier molecular flexibility index (Phi) is 7.12. The predicted octanol–water partition coefficient (Wildman–Crippen LogP) is 3.63. The van der Waals surface area contributed by atoms with Crippen LogP contribution >= 0.6 is 0 Å². The van der Waals surface area contributed by atoms with Crippen molar-refractivity contribution >= 4 is 6.29 Å². The predicted molar refractivity (Wildman–Crippen MR) is 111 cm³/mol. The summed E-state index contributed by atoms with van der Waals surface area (Å²) in [5.41, 5.74) is 1.98. The first-order valence-electron chi connectivity index (χ1n) is 9.86. The Bertz CT molecular complexity index is 783. The Hall–Kier alpha value is -2.57. The van der Waals surface area contributed by atoms with Crippen LogP contribution in [0.1, 0.15) is 31.2 Å². The molecule has 1 fully saturated rings. The summed E-state index contributed by atoms with van der Waals surface area (Å²) in [7, 11) is 3.24. The number of benzene rings is 2. The van der Waals surface area contributed by atoms with Crippen molar-refractivity contribution in [1.82, 2.24) is 4.90 Å². The molecule has 0 aromatic heterocycles. The Morgan fingerprint density at radius 2 is 1.76 bits per heavy atom. The maximum Gasteiger partial charge on any atom is 0.144 e. The van der Waals surface area contributed by atoms with E-state index in [1.54, 1.807) is 14.2 Å². The molecule has 29 heavy (non-hydrogen) atoms. The second-order valence-electron chi connectivity index (χ2n) is 7.26. The molecule has 1 saturated heterocycles. The minimum absolute atomic E-state index is 0.146. The molecule has 2 atom stereocenters. The second-order valence-corrected chi connectivity index (χ2v) is 7.26. The van der Waals surface area contributed by atoms with E-state index >= 15 is 0 Å². The first-order valence-corrected chi connectivity index (χ1v) is 9.86. The minimum atomic E-state index is -0.403. The van der Waals surface area contributed by atoms with Crippen LogP contribution in [0.15, 0.2) is 42.5 Å². The van der Waals surface area contributed by atoms with Gasteiger partial charge >= 0.3 is 0 Å². The van der Waals surface area contributed by atoms with Crippen molar-refractivity contribution in [3.05, 3.63) is 53.6 Å². The fraction of sp³-hybridized carbons (Fsp3) is 0.435.